The molecule has 0 amide bonds. The van der Waals surface area contributed by atoms with Gasteiger partial charge < -0.3 is 0 Å². The van der Waals surface area contributed by atoms with Gasteiger partial charge in [-0.1, -0.05) is 0 Å². The molecule has 4 aromatic rings. The van der Waals surface area contributed by atoms with E-state index < -0.39 is 32.3 Å². The minimum atomic E-state index is -1.30. The van der Waals surface area contributed by atoms with E-state index in [0.29, 0.717) is 58.0 Å². The Morgan fingerprint density at radius 1 is 0.375 bits per heavy atom. The standard InChI is InChI=1S/C32H44Se4Si4/c1-37(2,3)29-19-15-25(33-29)23(26-16-20-30(34-26)38(4,5)6)13-14-24(27-17-21-31(35-27)39(7,8)9)28-18-22-32(36-28)40(10,11)12/h15-22H,1-12H3. The molecule has 0 aliphatic rings. The fourth-order valence-electron chi connectivity index (χ4n) is 4.12. The molecular weight excluding hydrogens is 813 g/mol. The summed E-state index contributed by atoms with van der Waals surface area (Å²) < 4.78 is 13.0. The van der Waals surface area contributed by atoms with E-state index in [1.165, 1.54) is 28.9 Å². The average Bonchev–Trinajstić information content (AvgIpc) is 3.60. The van der Waals surface area contributed by atoms with Gasteiger partial charge in [-0.3, -0.25) is 0 Å². The van der Waals surface area contributed by atoms with Crippen LogP contribution in [0.15, 0.2) is 60.0 Å². The van der Waals surface area contributed by atoms with Crippen LogP contribution in [0.3, 0.4) is 0 Å². The third-order valence-electron chi connectivity index (χ3n) is 6.68. The van der Waals surface area contributed by atoms with Crippen LogP contribution in [0.2, 0.25) is 78.6 Å². The van der Waals surface area contributed by atoms with Gasteiger partial charge in [0.2, 0.25) is 0 Å². The first kappa shape index (κ1) is 33.1. The summed E-state index contributed by atoms with van der Waals surface area (Å²) in [5, 5.41) is 0. The molecule has 0 saturated heterocycles. The summed E-state index contributed by atoms with van der Waals surface area (Å²) in [6, 6.07) is 19.6. The number of hydrogen-bond acceptors (Lipinski definition) is 0. The maximum absolute atomic E-state index is 3.91. The molecule has 0 radical (unpaired) electrons. The van der Waals surface area contributed by atoms with Crippen LogP contribution in [0.1, 0.15) is 17.7 Å². The van der Waals surface area contributed by atoms with Crippen molar-refractivity contribution in [2.24, 2.45) is 0 Å². The average molecular weight is 857 g/mol. The Hall–Kier alpha value is 0.165. The van der Waals surface area contributed by atoms with E-state index >= 15 is 0 Å². The van der Waals surface area contributed by atoms with Gasteiger partial charge in [0.1, 0.15) is 0 Å². The van der Waals surface area contributed by atoms with Crippen LogP contribution in [0.25, 0.3) is 11.1 Å². The molecule has 0 unspecified atom stereocenters. The van der Waals surface area contributed by atoms with Crippen LogP contribution in [-0.4, -0.2) is 90.3 Å². The van der Waals surface area contributed by atoms with Gasteiger partial charge in [-0.25, -0.2) is 0 Å². The molecule has 0 bridgehead atoms. The molecule has 4 heterocycles. The summed E-state index contributed by atoms with van der Waals surface area (Å²) >= 11 is 1.61. The molecule has 0 saturated carbocycles. The van der Waals surface area contributed by atoms with Crippen molar-refractivity contribution in [3.63, 3.8) is 0 Å². The molecule has 0 aliphatic heterocycles. The van der Waals surface area contributed by atoms with E-state index in [9.17, 15) is 0 Å². The van der Waals surface area contributed by atoms with Crippen molar-refractivity contribution >= 4 is 118 Å². The Labute approximate surface area is 271 Å². The predicted octanol–water partition coefficient (Wildman–Crippen LogP) is 5.41. The van der Waals surface area contributed by atoms with Gasteiger partial charge in [-0.15, -0.1) is 0 Å². The van der Waals surface area contributed by atoms with E-state index in [1.807, 2.05) is 0 Å². The van der Waals surface area contributed by atoms with Crippen molar-refractivity contribution in [3.05, 3.63) is 77.7 Å². The topological polar surface area (TPSA) is 0 Å². The van der Waals surface area contributed by atoms with Gasteiger partial charge in [-0.05, 0) is 0 Å². The Morgan fingerprint density at radius 3 is 0.725 bits per heavy atom. The van der Waals surface area contributed by atoms with Crippen LogP contribution >= 0.6 is 0 Å². The molecule has 0 aromatic carbocycles. The molecule has 0 spiro atoms. The third kappa shape index (κ3) is 8.00. The first-order valence-corrected chi connectivity index (χ1v) is 34.9. The van der Waals surface area contributed by atoms with Crippen LogP contribution in [0.5, 0.6) is 0 Å². The molecule has 8 heteroatoms. The molecular formula is C32H44Se4Si4. The summed E-state index contributed by atoms with van der Waals surface area (Å²) in [4.78, 5) is 0. The van der Waals surface area contributed by atoms with Gasteiger partial charge in [0.15, 0.2) is 0 Å². The molecule has 40 heavy (non-hydrogen) atoms. The predicted molar refractivity (Wildman–Crippen MR) is 197 cm³/mol. The van der Waals surface area contributed by atoms with Crippen molar-refractivity contribution in [2.45, 2.75) is 78.6 Å². The summed E-state index contributed by atoms with van der Waals surface area (Å²) in [6.45, 7) is 29.9. The molecule has 4 rings (SSSR count). The molecule has 4 aromatic heterocycles. The number of rotatable bonds is 8. The van der Waals surface area contributed by atoms with E-state index in [4.69, 9.17) is 0 Å². The first-order chi connectivity index (χ1) is 18.3. The molecule has 212 valence electrons. The van der Waals surface area contributed by atoms with E-state index in [0.717, 1.165) is 0 Å². The Morgan fingerprint density at radius 2 is 0.575 bits per heavy atom. The van der Waals surface area contributed by atoms with Crippen molar-refractivity contribution in [3.8, 4) is 0 Å². The van der Waals surface area contributed by atoms with E-state index in [-0.39, 0.29) is 0 Å². The van der Waals surface area contributed by atoms with Crippen LogP contribution in [0.4, 0.5) is 0 Å². The first-order valence-electron chi connectivity index (χ1n) is 14.0. The van der Waals surface area contributed by atoms with Gasteiger partial charge in [0.05, 0.1) is 0 Å². The zero-order valence-electron chi connectivity index (χ0n) is 26.3. The molecule has 0 nitrogen and oxygen atoms in total. The fourth-order valence-corrected chi connectivity index (χ4v) is 24.8. The SMILES string of the molecule is C[Si](C)(C)c1ccc(C(=C=C=C(c2ccc([Si](C)(C)C)[se]2)c2ccc([Si](C)(C)C)[se]2)c2ccc([Si](C)(C)C)[se]2)[se]1. The second kappa shape index (κ2) is 12.3. The summed E-state index contributed by atoms with van der Waals surface area (Å²) in [7, 11) is -5.21. The van der Waals surface area contributed by atoms with Gasteiger partial charge in [-0.2, -0.15) is 0 Å². The molecule has 0 atom stereocenters. The fraction of sp³-hybridized carbons (Fsp3) is 0.375. The van der Waals surface area contributed by atoms with Crippen LogP contribution in [-0.2, 0) is 0 Å². The Balaban J connectivity index is 2.02. The number of hydrogen-bond donors (Lipinski definition) is 0. The quantitative estimate of drug-likeness (QED) is 0.165. The Kier molecular flexibility index (Phi) is 10.1. The van der Waals surface area contributed by atoms with Crippen molar-refractivity contribution < 1.29 is 0 Å². The normalized spacial score (nSPS) is 12.8. The van der Waals surface area contributed by atoms with Crippen LogP contribution in [0, 0.1) is 0 Å². The minimum absolute atomic E-state index is 0.403. The maximum atomic E-state index is 3.91. The second-order valence-corrected chi connectivity index (χ2v) is 47.1. The summed E-state index contributed by atoms with van der Waals surface area (Å²) in [6.07, 6.45) is 0. The van der Waals surface area contributed by atoms with Crippen LogP contribution < -0.4 is 16.2 Å². The van der Waals surface area contributed by atoms with Crippen molar-refractivity contribution in [1.82, 2.24) is 0 Å². The zero-order valence-corrected chi connectivity index (χ0v) is 37.1. The zero-order chi connectivity index (χ0) is 29.7. The van der Waals surface area contributed by atoms with E-state index in [2.05, 4.69) is 139 Å². The summed E-state index contributed by atoms with van der Waals surface area (Å²) in [5.41, 5.74) is 10.5. The van der Waals surface area contributed by atoms with Gasteiger partial charge in [0.25, 0.3) is 0 Å². The molecule has 0 aliphatic carbocycles. The van der Waals surface area contributed by atoms with Crippen molar-refractivity contribution in [2.75, 3.05) is 0 Å². The molecule has 0 N–H and O–H groups in total. The Bertz CT molecular complexity index is 1370. The van der Waals surface area contributed by atoms with Gasteiger partial charge in [0, 0.05) is 0 Å². The summed E-state index contributed by atoms with van der Waals surface area (Å²) in [5.74, 6) is 0. The monoisotopic (exact) mass is 860 g/mol. The van der Waals surface area contributed by atoms with E-state index in [1.54, 1.807) is 16.2 Å². The van der Waals surface area contributed by atoms with Crippen molar-refractivity contribution in [1.29, 1.82) is 0 Å². The van der Waals surface area contributed by atoms with Gasteiger partial charge >= 0.3 is 274 Å². The molecule has 0 fully saturated rings. The third-order valence-corrected chi connectivity index (χ3v) is 38.5. The second-order valence-electron chi connectivity index (χ2n) is 14.7.